The summed E-state index contributed by atoms with van der Waals surface area (Å²) in [5.74, 6) is 0. The molecule has 1 unspecified atom stereocenters. The third-order valence-corrected chi connectivity index (χ3v) is 4.41. The smallest absolute Gasteiger partial charge is 0.0440 e. The van der Waals surface area contributed by atoms with E-state index >= 15 is 0 Å². The first-order valence-electron chi connectivity index (χ1n) is 6.09. The fourth-order valence-electron chi connectivity index (χ4n) is 3.16. The Morgan fingerprint density at radius 1 is 1.47 bits per heavy atom. The lowest BCUT2D eigenvalue weighted by molar-refractivity contribution is 0.175. The van der Waals surface area contributed by atoms with Crippen LogP contribution >= 0.6 is 11.6 Å². The summed E-state index contributed by atoms with van der Waals surface area (Å²) < 4.78 is 0. The Bertz CT molecular complexity index is 425. The lowest BCUT2D eigenvalue weighted by Gasteiger charge is -2.42. The van der Waals surface area contributed by atoms with Crippen LogP contribution in [0.4, 0.5) is 0 Å². The molecule has 0 saturated heterocycles. The summed E-state index contributed by atoms with van der Waals surface area (Å²) in [5, 5.41) is 10.1. The zero-order chi connectivity index (χ0) is 12.7. The van der Waals surface area contributed by atoms with Crippen molar-refractivity contribution in [1.29, 1.82) is 0 Å². The molecule has 2 rings (SSSR count). The fourth-order valence-corrected chi connectivity index (χ4v) is 3.36. The standard InChI is InChI=1S/C14H20ClNO/c1-13(2,16)14(7-8-17)6-5-10-9-11(15)3-4-12(10)14/h3-4,9,17H,5-8,16H2,1-2H3. The van der Waals surface area contributed by atoms with Crippen LogP contribution in [0, 0.1) is 0 Å². The number of aryl methyl sites for hydroxylation is 1. The number of halogens is 1. The largest absolute Gasteiger partial charge is 0.396 e. The molecule has 0 bridgehead atoms. The maximum Gasteiger partial charge on any atom is 0.0440 e. The molecule has 94 valence electrons. The van der Waals surface area contributed by atoms with E-state index in [0.29, 0.717) is 6.42 Å². The number of nitrogens with two attached hydrogens (primary N) is 1. The van der Waals surface area contributed by atoms with Gasteiger partial charge in [-0.2, -0.15) is 0 Å². The van der Waals surface area contributed by atoms with E-state index in [2.05, 4.69) is 6.07 Å². The molecule has 1 aliphatic carbocycles. The molecule has 1 atom stereocenters. The molecule has 0 aromatic heterocycles. The first-order chi connectivity index (χ1) is 7.90. The van der Waals surface area contributed by atoms with E-state index in [1.807, 2.05) is 26.0 Å². The van der Waals surface area contributed by atoms with Crippen molar-refractivity contribution < 1.29 is 5.11 Å². The molecule has 0 spiro atoms. The molecule has 3 N–H and O–H groups in total. The molecule has 0 heterocycles. The van der Waals surface area contributed by atoms with E-state index in [-0.39, 0.29) is 17.6 Å². The molecule has 1 aliphatic rings. The summed E-state index contributed by atoms with van der Waals surface area (Å²) in [7, 11) is 0. The first kappa shape index (κ1) is 12.9. The molecular weight excluding hydrogens is 234 g/mol. The highest BCUT2D eigenvalue weighted by atomic mass is 35.5. The second-order valence-corrected chi connectivity index (χ2v) is 6.02. The predicted molar refractivity (Wildman–Crippen MR) is 71.4 cm³/mol. The molecule has 1 aromatic rings. The zero-order valence-corrected chi connectivity index (χ0v) is 11.2. The van der Waals surface area contributed by atoms with Gasteiger partial charge in [0.25, 0.3) is 0 Å². The number of hydrogen-bond donors (Lipinski definition) is 2. The van der Waals surface area contributed by atoms with Crippen molar-refractivity contribution in [3.05, 3.63) is 34.3 Å². The van der Waals surface area contributed by atoms with E-state index < -0.39 is 0 Å². The van der Waals surface area contributed by atoms with Gasteiger partial charge >= 0.3 is 0 Å². The van der Waals surface area contributed by atoms with Crippen molar-refractivity contribution in [2.45, 2.75) is 44.1 Å². The van der Waals surface area contributed by atoms with Gasteiger partial charge in [0.15, 0.2) is 0 Å². The summed E-state index contributed by atoms with van der Waals surface area (Å²) in [4.78, 5) is 0. The topological polar surface area (TPSA) is 46.2 Å². The SMILES string of the molecule is CC(C)(N)C1(CCO)CCc2cc(Cl)ccc21. The van der Waals surface area contributed by atoms with Gasteiger partial charge in [-0.1, -0.05) is 17.7 Å². The van der Waals surface area contributed by atoms with Gasteiger partial charge in [-0.3, -0.25) is 0 Å². The Morgan fingerprint density at radius 2 is 2.18 bits per heavy atom. The highest BCUT2D eigenvalue weighted by molar-refractivity contribution is 6.30. The van der Waals surface area contributed by atoms with Crippen LogP contribution in [-0.4, -0.2) is 17.3 Å². The monoisotopic (exact) mass is 253 g/mol. The lowest BCUT2D eigenvalue weighted by atomic mass is 9.66. The molecule has 0 fully saturated rings. The number of hydrogen-bond acceptors (Lipinski definition) is 2. The van der Waals surface area contributed by atoms with Crippen LogP contribution in [0.1, 0.15) is 37.8 Å². The Balaban J connectivity index is 2.53. The third-order valence-electron chi connectivity index (χ3n) is 4.18. The van der Waals surface area contributed by atoms with Crippen molar-refractivity contribution in [1.82, 2.24) is 0 Å². The summed E-state index contributed by atoms with van der Waals surface area (Å²) >= 11 is 6.03. The van der Waals surface area contributed by atoms with E-state index in [0.717, 1.165) is 17.9 Å². The van der Waals surface area contributed by atoms with Gasteiger partial charge in [0, 0.05) is 22.6 Å². The van der Waals surface area contributed by atoms with Gasteiger partial charge in [0.2, 0.25) is 0 Å². The van der Waals surface area contributed by atoms with Crippen molar-refractivity contribution in [2.24, 2.45) is 5.73 Å². The molecule has 0 saturated carbocycles. The molecule has 1 aromatic carbocycles. The number of rotatable bonds is 3. The van der Waals surface area contributed by atoms with Crippen LogP contribution in [0.15, 0.2) is 18.2 Å². The van der Waals surface area contributed by atoms with Crippen molar-refractivity contribution in [2.75, 3.05) is 6.61 Å². The van der Waals surface area contributed by atoms with Crippen LogP contribution < -0.4 is 5.73 Å². The Labute approximate surface area is 108 Å². The van der Waals surface area contributed by atoms with E-state index in [4.69, 9.17) is 17.3 Å². The second kappa shape index (κ2) is 4.27. The van der Waals surface area contributed by atoms with Gasteiger partial charge in [-0.05, 0) is 56.4 Å². The number of aliphatic hydroxyl groups is 1. The minimum absolute atomic E-state index is 0.123. The van der Waals surface area contributed by atoms with Crippen molar-refractivity contribution in [3.63, 3.8) is 0 Å². The summed E-state index contributed by atoms with van der Waals surface area (Å²) in [5.41, 5.74) is 8.46. The second-order valence-electron chi connectivity index (χ2n) is 5.58. The highest BCUT2D eigenvalue weighted by Gasteiger charge is 2.47. The van der Waals surface area contributed by atoms with Crippen molar-refractivity contribution in [3.8, 4) is 0 Å². The van der Waals surface area contributed by atoms with E-state index in [9.17, 15) is 5.11 Å². The summed E-state index contributed by atoms with van der Waals surface area (Å²) in [6.45, 7) is 4.27. The zero-order valence-electron chi connectivity index (χ0n) is 10.5. The number of aliphatic hydroxyl groups excluding tert-OH is 1. The normalized spacial score (nSPS) is 23.8. The maximum atomic E-state index is 9.35. The number of benzene rings is 1. The summed E-state index contributed by atoms with van der Waals surface area (Å²) in [6, 6.07) is 6.03. The molecule has 0 aliphatic heterocycles. The van der Waals surface area contributed by atoms with Gasteiger partial charge < -0.3 is 10.8 Å². The van der Waals surface area contributed by atoms with Crippen LogP contribution in [0.25, 0.3) is 0 Å². The van der Waals surface area contributed by atoms with Gasteiger partial charge in [0.05, 0.1) is 0 Å². The van der Waals surface area contributed by atoms with Crippen LogP contribution in [0.3, 0.4) is 0 Å². The average Bonchev–Trinajstić information content (AvgIpc) is 2.57. The molecule has 17 heavy (non-hydrogen) atoms. The average molecular weight is 254 g/mol. The van der Waals surface area contributed by atoms with Gasteiger partial charge in [0.1, 0.15) is 0 Å². The Hall–Kier alpha value is -0.570. The Morgan fingerprint density at radius 3 is 2.76 bits per heavy atom. The minimum atomic E-state index is -0.338. The van der Waals surface area contributed by atoms with Crippen molar-refractivity contribution >= 4 is 11.6 Å². The predicted octanol–water partition coefficient (Wildman–Crippen LogP) is 2.64. The van der Waals surface area contributed by atoms with Crippen LogP contribution in [-0.2, 0) is 11.8 Å². The molecule has 0 radical (unpaired) electrons. The number of fused-ring (bicyclic) bond motifs is 1. The molecule has 3 heteroatoms. The third kappa shape index (κ3) is 1.99. The quantitative estimate of drug-likeness (QED) is 0.870. The van der Waals surface area contributed by atoms with Gasteiger partial charge in [-0.15, -0.1) is 0 Å². The summed E-state index contributed by atoms with van der Waals surface area (Å²) in [6.07, 6.45) is 2.70. The van der Waals surface area contributed by atoms with E-state index in [1.165, 1.54) is 11.1 Å². The first-order valence-corrected chi connectivity index (χ1v) is 6.47. The van der Waals surface area contributed by atoms with E-state index in [1.54, 1.807) is 0 Å². The molecule has 2 nitrogen and oxygen atoms in total. The minimum Gasteiger partial charge on any atom is -0.396 e. The van der Waals surface area contributed by atoms with Crippen LogP contribution in [0.2, 0.25) is 5.02 Å². The maximum absolute atomic E-state index is 9.35. The van der Waals surface area contributed by atoms with Gasteiger partial charge in [-0.25, -0.2) is 0 Å². The molecule has 0 amide bonds. The fraction of sp³-hybridized carbons (Fsp3) is 0.571. The Kier molecular flexibility index (Phi) is 3.23. The van der Waals surface area contributed by atoms with Crippen LogP contribution in [0.5, 0.6) is 0 Å². The molecular formula is C14H20ClNO. The highest BCUT2D eigenvalue weighted by Crippen LogP contribution is 2.48. The lowest BCUT2D eigenvalue weighted by Crippen LogP contribution is -2.53.